The Hall–Kier alpha value is -2.43. The van der Waals surface area contributed by atoms with Crippen molar-refractivity contribution in [3.8, 4) is 0 Å². The van der Waals surface area contributed by atoms with Crippen LogP contribution < -0.4 is 10.6 Å². The Morgan fingerprint density at radius 1 is 1.23 bits per heavy atom. The Balaban J connectivity index is 2.20. The molecule has 0 bridgehead atoms. The van der Waals surface area contributed by atoms with Crippen LogP contribution >= 0.6 is 0 Å². The van der Waals surface area contributed by atoms with E-state index in [2.05, 4.69) is 20.6 Å². The number of rotatable bonds is 5. The van der Waals surface area contributed by atoms with E-state index in [0.29, 0.717) is 11.5 Å². The van der Waals surface area contributed by atoms with Crippen molar-refractivity contribution in [3.05, 3.63) is 47.4 Å². The monoisotopic (exact) mass is 298 g/mol. The highest BCUT2D eigenvalue weighted by molar-refractivity contribution is 5.93. The topological polar surface area (TPSA) is 66.9 Å². The van der Waals surface area contributed by atoms with Crippen LogP contribution in [0.4, 0.5) is 11.5 Å². The Bertz CT molecular complexity index is 649. The van der Waals surface area contributed by atoms with E-state index in [4.69, 9.17) is 0 Å². The molecule has 0 saturated carbocycles. The third kappa shape index (κ3) is 3.81. The summed E-state index contributed by atoms with van der Waals surface area (Å²) in [4.78, 5) is 20.4. The van der Waals surface area contributed by atoms with Gasteiger partial charge in [-0.1, -0.05) is 25.1 Å². The summed E-state index contributed by atoms with van der Waals surface area (Å²) >= 11 is 0. The van der Waals surface area contributed by atoms with E-state index in [1.807, 2.05) is 45.9 Å². The Labute approximate surface area is 131 Å². The maximum absolute atomic E-state index is 12.1. The highest BCUT2D eigenvalue weighted by Crippen LogP contribution is 2.23. The quantitative estimate of drug-likeness (QED) is 0.888. The van der Waals surface area contributed by atoms with Crippen molar-refractivity contribution < 1.29 is 4.79 Å². The highest BCUT2D eigenvalue weighted by Gasteiger charge is 2.11. The fraction of sp³-hybridized carbons (Fsp3) is 0.353. The zero-order valence-corrected chi connectivity index (χ0v) is 13.5. The molecule has 0 saturated heterocycles. The molecule has 1 amide bonds. The molecule has 5 heteroatoms. The molecule has 0 aliphatic rings. The van der Waals surface area contributed by atoms with Gasteiger partial charge in [0.15, 0.2) is 0 Å². The first-order valence-electron chi connectivity index (χ1n) is 7.47. The number of nitrogens with one attached hydrogen (secondary N) is 2. The fourth-order valence-corrected chi connectivity index (χ4v) is 2.09. The van der Waals surface area contributed by atoms with Gasteiger partial charge in [-0.3, -0.25) is 4.79 Å². The minimum Gasteiger partial charge on any atom is -0.348 e. The van der Waals surface area contributed by atoms with Crippen LogP contribution in [0.15, 0.2) is 30.6 Å². The summed E-state index contributed by atoms with van der Waals surface area (Å²) < 4.78 is 0. The molecule has 1 atom stereocenters. The van der Waals surface area contributed by atoms with E-state index in [9.17, 15) is 4.79 Å². The minimum atomic E-state index is -0.179. The van der Waals surface area contributed by atoms with Crippen LogP contribution in [0.3, 0.4) is 0 Å². The van der Waals surface area contributed by atoms with E-state index in [1.54, 1.807) is 6.07 Å². The zero-order chi connectivity index (χ0) is 16.1. The first kappa shape index (κ1) is 15.9. The van der Waals surface area contributed by atoms with Gasteiger partial charge in [0.25, 0.3) is 5.91 Å². The summed E-state index contributed by atoms with van der Waals surface area (Å²) in [5.41, 5.74) is 3.63. The lowest BCUT2D eigenvalue weighted by molar-refractivity contribution is 0.0934. The Kier molecular flexibility index (Phi) is 5.09. The molecule has 0 aliphatic carbocycles. The summed E-state index contributed by atoms with van der Waals surface area (Å²) in [5.74, 6) is 0.433. The van der Waals surface area contributed by atoms with E-state index < -0.39 is 0 Å². The largest absolute Gasteiger partial charge is 0.348 e. The second kappa shape index (κ2) is 7.02. The lowest BCUT2D eigenvalue weighted by Gasteiger charge is -2.13. The van der Waals surface area contributed by atoms with Gasteiger partial charge in [0, 0.05) is 17.8 Å². The summed E-state index contributed by atoms with van der Waals surface area (Å²) in [6.45, 7) is 8.06. The number of para-hydroxylation sites is 1. The molecule has 1 aromatic heterocycles. The van der Waals surface area contributed by atoms with Crippen LogP contribution in [0.1, 0.15) is 41.9 Å². The maximum Gasteiger partial charge on any atom is 0.270 e. The van der Waals surface area contributed by atoms with Crippen LogP contribution in [-0.4, -0.2) is 21.9 Å². The van der Waals surface area contributed by atoms with Crippen molar-refractivity contribution in [2.24, 2.45) is 0 Å². The summed E-state index contributed by atoms with van der Waals surface area (Å²) in [5, 5.41) is 6.17. The zero-order valence-electron chi connectivity index (χ0n) is 13.5. The van der Waals surface area contributed by atoms with Gasteiger partial charge >= 0.3 is 0 Å². The highest BCUT2D eigenvalue weighted by atomic mass is 16.1. The third-order valence-corrected chi connectivity index (χ3v) is 3.62. The fourth-order valence-electron chi connectivity index (χ4n) is 2.09. The number of carbonyl (C=O) groups excluding carboxylic acids is 1. The van der Waals surface area contributed by atoms with Crippen molar-refractivity contribution in [1.29, 1.82) is 0 Å². The molecular weight excluding hydrogens is 276 g/mol. The SMILES string of the molecule is CCC(C)NC(=O)c1cc(Nc2c(C)cccc2C)ncn1. The van der Waals surface area contributed by atoms with E-state index in [-0.39, 0.29) is 11.9 Å². The number of aromatic nitrogens is 2. The Morgan fingerprint density at radius 3 is 2.55 bits per heavy atom. The summed E-state index contributed by atoms with van der Waals surface area (Å²) in [6, 6.07) is 7.88. The van der Waals surface area contributed by atoms with Crippen molar-refractivity contribution in [2.45, 2.75) is 40.2 Å². The van der Waals surface area contributed by atoms with Crippen LogP contribution in [-0.2, 0) is 0 Å². The molecular formula is C17H22N4O. The van der Waals surface area contributed by atoms with Gasteiger partial charge in [-0.25, -0.2) is 9.97 Å². The number of amides is 1. The predicted molar refractivity (Wildman–Crippen MR) is 88.4 cm³/mol. The van der Waals surface area contributed by atoms with Crippen molar-refractivity contribution in [1.82, 2.24) is 15.3 Å². The number of anilines is 2. The van der Waals surface area contributed by atoms with Crippen LogP contribution in [0.5, 0.6) is 0 Å². The second-order valence-corrected chi connectivity index (χ2v) is 5.46. The van der Waals surface area contributed by atoms with Gasteiger partial charge < -0.3 is 10.6 Å². The van der Waals surface area contributed by atoms with Crippen molar-refractivity contribution >= 4 is 17.4 Å². The second-order valence-electron chi connectivity index (χ2n) is 5.46. The van der Waals surface area contributed by atoms with Gasteiger partial charge in [0.2, 0.25) is 0 Å². The molecule has 116 valence electrons. The van der Waals surface area contributed by atoms with Crippen LogP contribution in [0.25, 0.3) is 0 Å². The molecule has 5 nitrogen and oxygen atoms in total. The molecule has 0 fully saturated rings. The number of carbonyl (C=O) groups is 1. The van der Waals surface area contributed by atoms with E-state index >= 15 is 0 Å². The van der Waals surface area contributed by atoms with Crippen molar-refractivity contribution in [3.63, 3.8) is 0 Å². The maximum atomic E-state index is 12.1. The average Bonchev–Trinajstić information content (AvgIpc) is 2.51. The summed E-state index contributed by atoms with van der Waals surface area (Å²) in [6.07, 6.45) is 2.28. The Morgan fingerprint density at radius 2 is 1.91 bits per heavy atom. The van der Waals surface area contributed by atoms with E-state index in [1.165, 1.54) is 6.33 Å². The molecule has 22 heavy (non-hydrogen) atoms. The normalized spacial score (nSPS) is 11.8. The molecule has 2 N–H and O–H groups in total. The third-order valence-electron chi connectivity index (χ3n) is 3.62. The standard InChI is InChI=1S/C17H22N4O/c1-5-13(4)20-17(22)14-9-15(19-10-18-14)21-16-11(2)7-6-8-12(16)3/h6-10,13H,5H2,1-4H3,(H,20,22)(H,18,19,21). The lowest BCUT2D eigenvalue weighted by Crippen LogP contribution is -2.32. The number of nitrogens with zero attached hydrogens (tertiary/aromatic N) is 2. The molecule has 1 heterocycles. The van der Waals surface area contributed by atoms with Gasteiger partial charge in [-0.05, 0) is 38.3 Å². The first-order valence-corrected chi connectivity index (χ1v) is 7.47. The van der Waals surface area contributed by atoms with Crippen LogP contribution in [0, 0.1) is 13.8 Å². The van der Waals surface area contributed by atoms with Crippen LogP contribution in [0.2, 0.25) is 0 Å². The van der Waals surface area contributed by atoms with Gasteiger partial charge in [-0.15, -0.1) is 0 Å². The van der Waals surface area contributed by atoms with Gasteiger partial charge in [0.1, 0.15) is 17.8 Å². The molecule has 1 unspecified atom stereocenters. The first-order chi connectivity index (χ1) is 10.5. The van der Waals surface area contributed by atoms with E-state index in [0.717, 1.165) is 23.2 Å². The van der Waals surface area contributed by atoms with Gasteiger partial charge in [-0.2, -0.15) is 0 Å². The molecule has 0 aliphatic heterocycles. The molecule has 0 radical (unpaired) electrons. The van der Waals surface area contributed by atoms with Gasteiger partial charge in [0.05, 0.1) is 0 Å². The number of aryl methyl sites for hydroxylation is 2. The number of hydrogen-bond acceptors (Lipinski definition) is 4. The predicted octanol–water partition coefficient (Wildman–Crippen LogP) is 3.37. The summed E-state index contributed by atoms with van der Waals surface area (Å²) in [7, 11) is 0. The molecule has 2 aromatic rings. The molecule has 1 aromatic carbocycles. The smallest absolute Gasteiger partial charge is 0.270 e. The minimum absolute atomic E-state index is 0.123. The molecule has 0 spiro atoms. The molecule has 2 rings (SSSR count). The number of benzene rings is 1. The average molecular weight is 298 g/mol. The lowest BCUT2D eigenvalue weighted by atomic mass is 10.1. The number of hydrogen-bond donors (Lipinski definition) is 2. The van der Waals surface area contributed by atoms with Crippen molar-refractivity contribution in [2.75, 3.05) is 5.32 Å².